The van der Waals surface area contributed by atoms with Crippen molar-refractivity contribution in [2.24, 2.45) is 0 Å². The molecule has 18 heavy (non-hydrogen) atoms. The molecule has 7 heteroatoms. The van der Waals surface area contributed by atoms with Crippen LogP contribution in [0.4, 0.5) is 5.95 Å². The normalized spacial score (nSPS) is 11.9. The van der Waals surface area contributed by atoms with Crippen LogP contribution in [0.15, 0.2) is 18.3 Å². The molecule has 0 aliphatic rings. The van der Waals surface area contributed by atoms with Crippen molar-refractivity contribution < 1.29 is 8.42 Å². The molecular weight excluding hydrogens is 252 g/mol. The Morgan fingerprint density at radius 1 is 1.44 bits per heavy atom. The van der Waals surface area contributed by atoms with Gasteiger partial charge >= 0.3 is 0 Å². The Bertz CT molecular complexity index is 648. The largest absolute Gasteiger partial charge is 0.352 e. The molecule has 0 atom stereocenters. The summed E-state index contributed by atoms with van der Waals surface area (Å²) in [6, 6.07) is 3.84. The van der Waals surface area contributed by atoms with Crippen molar-refractivity contribution in [2.45, 2.75) is 13.8 Å². The fraction of sp³-hybridized carbons (Fsp3) is 0.455. The number of hydrogen-bond donors (Lipinski definition) is 1. The topological polar surface area (TPSA) is 76.4 Å². The first kappa shape index (κ1) is 12.8. The SMILES string of the molecule is CCS(=O)(=O)CCNc1nc2c(C)cccn2n1. The summed E-state index contributed by atoms with van der Waals surface area (Å²) in [5, 5.41) is 7.15. The number of nitrogens with one attached hydrogen (secondary N) is 1. The second-order valence-corrected chi connectivity index (χ2v) is 6.53. The van der Waals surface area contributed by atoms with E-state index in [-0.39, 0.29) is 11.5 Å². The molecule has 0 amide bonds. The number of aryl methyl sites for hydroxylation is 1. The summed E-state index contributed by atoms with van der Waals surface area (Å²) in [5.74, 6) is 0.709. The minimum Gasteiger partial charge on any atom is -0.352 e. The van der Waals surface area contributed by atoms with Crippen LogP contribution in [0.3, 0.4) is 0 Å². The number of aromatic nitrogens is 3. The fourth-order valence-corrected chi connectivity index (χ4v) is 2.28. The molecule has 0 aliphatic carbocycles. The van der Waals surface area contributed by atoms with Gasteiger partial charge in [0, 0.05) is 18.5 Å². The van der Waals surface area contributed by atoms with E-state index in [1.807, 2.05) is 25.3 Å². The first-order chi connectivity index (χ1) is 8.52. The molecule has 2 aromatic rings. The highest BCUT2D eigenvalue weighted by Gasteiger charge is 2.08. The number of sulfone groups is 1. The van der Waals surface area contributed by atoms with Crippen molar-refractivity contribution in [3.8, 4) is 0 Å². The van der Waals surface area contributed by atoms with E-state index < -0.39 is 9.84 Å². The standard InChI is InChI=1S/C11H16N4O2S/c1-3-18(16,17)8-6-12-11-13-10-9(2)5-4-7-15(10)14-11/h4-5,7H,3,6,8H2,1-2H3,(H,12,14). The van der Waals surface area contributed by atoms with Gasteiger partial charge in [0.2, 0.25) is 5.95 Å². The number of rotatable bonds is 5. The van der Waals surface area contributed by atoms with Gasteiger partial charge < -0.3 is 5.32 Å². The number of anilines is 1. The van der Waals surface area contributed by atoms with E-state index in [4.69, 9.17) is 0 Å². The van der Waals surface area contributed by atoms with Gasteiger partial charge in [-0.3, -0.25) is 0 Å². The van der Waals surface area contributed by atoms with Crippen molar-refractivity contribution in [1.29, 1.82) is 0 Å². The van der Waals surface area contributed by atoms with Crippen LogP contribution in [0.25, 0.3) is 5.65 Å². The zero-order valence-corrected chi connectivity index (χ0v) is 11.2. The minimum atomic E-state index is -2.95. The molecule has 2 aromatic heterocycles. The molecule has 0 saturated heterocycles. The van der Waals surface area contributed by atoms with Crippen LogP contribution >= 0.6 is 0 Å². The lowest BCUT2D eigenvalue weighted by molar-refractivity contribution is 0.597. The first-order valence-corrected chi connectivity index (χ1v) is 7.60. The molecule has 0 radical (unpaired) electrons. The molecule has 0 unspecified atom stereocenters. The summed E-state index contributed by atoms with van der Waals surface area (Å²) in [6.45, 7) is 3.92. The minimum absolute atomic E-state index is 0.0953. The van der Waals surface area contributed by atoms with Crippen LogP contribution in [0.1, 0.15) is 12.5 Å². The number of fused-ring (bicyclic) bond motifs is 1. The van der Waals surface area contributed by atoms with Gasteiger partial charge in [-0.05, 0) is 18.6 Å². The Labute approximate surface area is 106 Å². The first-order valence-electron chi connectivity index (χ1n) is 5.78. The van der Waals surface area contributed by atoms with Crippen molar-refractivity contribution >= 4 is 21.4 Å². The van der Waals surface area contributed by atoms with Gasteiger partial charge in [-0.1, -0.05) is 13.0 Å². The Hall–Kier alpha value is -1.63. The summed E-state index contributed by atoms with van der Waals surface area (Å²) >= 11 is 0. The van der Waals surface area contributed by atoms with Crippen LogP contribution in [0.2, 0.25) is 0 Å². The molecule has 0 bridgehead atoms. The Morgan fingerprint density at radius 2 is 2.22 bits per heavy atom. The Kier molecular flexibility index (Phi) is 3.51. The van der Waals surface area contributed by atoms with Gasteiger partial charge in [0.05, 0.1) is 5.75 Å². The quantitative estimate of drug-likeness (QED) is 0.871. The van der Waals surface area contributed by atoms with E-state index in [0.29, 0.717) is 12.5 Å². The third kappa shape index (κ3) is 2.79. The molecule has 0 fully saturated rings. The van der Waals surface area contributed by atoms with E-state index in [9.17, 15) is 8.42 Å². The summed E-state index contributed by atoms with van der Waals surface area (Å²) in [6.07, 6.45) is 1.81. The lowest BCUT2D eigenvalue weighted by Gasteiger charge is -2.01. The van der Waals surface area contributed by atoms with Gasteiger partial charge in [-0.25, -0.2) is 12.9 Å². The predicted octanol–water partition coefficient (Wildman–Crippen LogP) is 0.884. The van der Waals surface area contributed by atoms with Crippen LogP contribution in [0, 0.1) is 6.92 Å². The van der Waals surface area contributed by atoms with Crippen molar-refractivity contribution in [2.75, 3.05) is 23.4 Å². The van der Waals surface area contributed by atoms with E-state index in [2.05, 4.69) is 15.4 Å². The number of nitrogens with zero attached hydrogens (tertiary/aromatic N) is 3. The molecule has 6 nitrogen and oxygen atoms in total. The van der Waals surface area contributed by atoms with Gasteiger partial charge in [-0.2, -0.15) is 4.98 Å². The molecule has 2 rings (SSSR count). The van der Waals surface area contributed by atoms with Crippen molar-refractivity contribution in [3.63, 3.8) is 0 Å². The molecular formula is C11H16N4O2S. The summed E-state index contributed by atoms with van der Waals surface area (Å²) in [5.41, 5.74) is 1.80. The molecule has 98 valence electrons. The molecule has 0 saturated carbocycles. The molecule has 0 aromatic carbocycles. The maximum absolute atomic E-state index is 11.3. The molecule has 1 N–H and O–H groups in total. The highest BCUT2D eigenvalue weighted by atomic mass is 32.2. The average molecular weight is 268 g/mol. The molecule has 2 heterocycles. The third-order valence-corrected chi connectivity index (χ3v) is 4.40. The fourth-order valence-electron chi connectivity index (χ4n) is 1.58. The second-order valence-electron chi connectivity index (χ2n) is 4.06. The van der Waals surface area contributed by atoms with Crippen molar-refractivity contribution in [1.82, 2.24) is 14.6 Å². The van der Waals surface area contributed by atoms with Gasteiger partial charge in [0.25, 0.3) is 0 Å². The van der Waals surface area contributed by atoms with Crippen LogP contribution in [-0.2, 0) is 9.84 Å². The van der Waals surface area contributed by atoms with Gasteiger partial charge in [-0.15, -0.1) is 5.10 Å². The Morgan fingerprint density at radius 3 is 2.89 bits per heavy atom. The number of hydrogen-bond acceptors (Lipinski definition) is 5. The van der Waals surface area contributed by atoms with Crippen LogP contribution in [0.5, 0.6) is 0 Å². The maximum atomic E-state index is 11.3. The summed E-state index contributed by atoms with van der Waals surface area (Å²) in [4.78, 5) is 4.30. The molecule has 0 spiro atoms. The van der Waals surface area contributed by atoms with E-state index >= 15 is 0 Å². The van der Waals surface area contributed by atoms with Gasteiger partial charge in [0.1, 0.15) is 0 Å². The predicted molar refractivity (Wildman–Crippen MR) is 70.5 cm³/mol. The maximum Gasteiger partial charge on any atom is 0.243 e. The summed E-state index contributed by atoms with van der Waals surface area (Å²) < 4.78 is 24.3. The van der Waals surface area contributed by atoms with Crippen molar-refractivity contribution in [3.05, 3.63) is 23.9 Å². The lowest BCUT2D eigenvalue weighted by atomic mass is 10.3. The highest BCUT2D eigenvalue weighted by Crippen LogP contribution is 2.09. The highest BCUT2D eigenvalue weighted by molar-refractivity contribution is 7.91. The average Bonchev–Trinajstić information content (AvgIpc) is 2.73. The summed E-state index contributed by atoms with van der Waals surface area (Å²) in [7, 11) is -2.95. The monoisotopic (exact) mass is 268 g/mol. The zero-order chi connectivity index (χ0) is 13.2. The van der Waals surface area contributed by atoms with E-state index in [1.165, 1.54) is 0 Å². The third-order valence-electron chi connectivity index (χ3n) is 2.69. The lowest BCUT2D eigenvalue weighted by Crippen LogP contribution is -2.17. The van der Waals surface area contributed by atoms with E-state index in [1.54, 1.807) is 11.4 Å². The Balaban J connectivity index is 2.07. The molecule has 0 aliphatic heterocycles. The van der Waals surface area contributed by atoms with Crippen LogP contribution in [-0.4, -0.2) is 41.1 Å². The number of pyridine rings is 1. The van der Waals surface area contributed by atoms with Crippen LogP contribution < -0.4 is 5.32 Å². The zero-order valence-electron chi connectivity index (χ0n) is 10.4. The van der Waals surface area contributed by atoms with Gasteiger partial charge in [0.15, 0.2) is 15.5 Å². The second kappa shape index (κ2) is 4.93. The van der Waals surface area contributed by atoms with E-state index in [0.717, 1.165) is 11.2 Å². The smallest absolute Gasteiger partial charge is 0.243 e.